The van der Waals surface area contributed by atoms with Crippen molar-refractivity contribution >= 4 is 11.8 Å². The Bertz CT molecular complexity index is 524. The van der Waals surface area contributed by atoms with E-state index in [1.165, 1.54) is 0 Å². The molecule has 21 heavy (non-hydrogen) atoms. The number of amides is 2. The normalized spacial score (nSPS) is 27.9. The molecule has 1 saturated heterocycles. The predicted molar refractivity (Wildman–Crippen MR) is 79.4 cm³/mol. The van der Waals surface area contributed by atoms with Gasteiger partial charge in [0.1, 0.15) is 17.3 Å². The molecule has 0 radical (unpaired) electrons. The summed E-state index contributed by atoms with van der Waals surface area (Å²) in [5, 5.41) is 2.89. The molecule has 0 bridgehead atoms. The molecule has 2 amide bonds. The molecule has 1 aromatic rings. The van der Waals surface area contributed by atoms with E-state index >= 15 is 0 Å². The van der Waals surface area contributed by atoms with Crippen molar-refractivity contribution in [1.82, 2.24) is 10.2 Å². The third kappa shape index (κ3) is 2.57. The summed E-state index contributed by atoms with van der Waals surface area (Å²) in [5.74, 6) is 0.592. The highest BCUT2D eigenvalue weighted by atomic mass is 16.3. The van der Waals surface area contributed by atoms with Gasteiger partial charge in [-0.15, -0.1) is 0 Å². The van der Waals surface area contributed by atoms with Gasteiger partial charge >= 0.3 is 0 Å². The summed E-state index contributed by atoms with van der Waals surface area (Å²) in [5.41, 5.74) is -0.844. The first kappa shape index (κ1) is 15.6. The van der Waals surface area contributed by atoms with E-state index in [2.05, 4.69) is 5.32 Å². The zero-order chi connectivity index (χ0) is 15.8. The molecule has 116 valence electrons. The zero-order valence-electron chi connectivity index (χ0n) is 13.3. The molecule has 2 rings (SSSR count). The predicted octanol–water partition coefficient (Wildman–Crippen LogP) is 2.49. The van der Waals surface area contributed by atoms with Crippen molar-refractivity contribution in [1.29, 1.82) is 0 Å². The van der Waals surface area contributed by atoms with Crippen LogP contribution in [0.1, 0.15) is 52.8 Å². The van der Waals surface area contributed by atoms with E-state index in [1.54, 1.807) is 24.2 Å². The standard InChI is InChI=1S/C16H24N2O3/c1-6-16(5)15(20)18(11(4)12-8-7-9-21-12)13(10(2)3)14(19)17-16/h7-11,13H,6H2,1-5H3,(H,17,19). The quantitative estimate of drug-likeness (QED) is 0.927. The van der Waals surface area contributed by atoms with Gasteiger partial charge < -0.3 is 14.6 Å². The lowest BCUT2D eigenvalue weighted by Crippen LogP contribution is -2.70. The van der Waals surface area contributed by atoms with Gasteiger partial charge in [-0.3, -0.25) is 9.59 Å². The van der Waals surface area contributed by atoms with Gasteiger partial charge in [-0.2, -0.15) is 0 Å². The minimum Gasteiger partial charge on any atom is -0.467 e. The van der Waals surface area contributed by atoms with Crippen LogP contribution in [0.25, 0.3) is 0 Å². The van der Waals surface area contributed by atoms with Crippen LogP contribution in [0.2, 0.25) is 0 Å². The Morgan fingerprint density at radius 2 is 2.05 bits per heavy atom. The van der Waals surface area contributed by atoms with Crippen LogP contribution in [0.4, 0.5) is 0 Å². The van der Waals surface area contributed by atoms with Gasteiger partial charge in [0.25, 0.3) is 0 Å². The lowest BCUT2D eigenvalue weighted by Gasteiger charge is -2.47. The number of hydrogen-bond donors (Lipinski definition) is 1. The first-order valence-electron chi connectivity index (χ1n) is 7.50. The van der Waals surface area contributed by atoms with E-state index in [4.69, 9.17) is 4.42 Å². The van der Waals surface area contributed by atoms with E-state index in [0.717, 1.165) is 0 Å². The molecular formula is C16H24N2O3. The number of hydrogen-bond acceptors (Lipinski definition) is 3. The molecule has 0 spiro atoms. The van der Waals surface area contributed by atoms with Crippen LogP contribution in [0.15, 0.2) is 22.8 Å². The number of nitrogens with one attached hydrogen (secondary N) is 1. The largest absolute Gasteiger partial charge is 0.467 e. The van der Waals surface area contributed by atoms with Crippen LogP contribution in [0.3, 0.4) is 0 Å². The molecule has 0 saturated carbocycles. The van der Waals surface area contributed by atoms with Crippen molar-refractivity contribution < 1.29 is 14.0 Å². The average molecular weight is 292 g/mol. The van der Waals surface area contributed by atoms with Crippen LogP contribution < -0.4 is 5.32 Å². The van der Waals surface area contributed by atoms with E-state index < -0.39 is 11.6 Å². The third-order valence-electron chi connectivity index (χ3n) is 4.38. The molecule has 1 aliphatic heterocycles. The third-order valence-corrected chi connectivity index (χ3v) is 4.38. The number of furan rings is 1. The molecule has 3 unspecified atom stereocenters. The summed E-state index contributed by atoms with van der Waals surface area (Å²) in [4.78, 5) is 27.1. The zero-order valence-corrected chi connectivity index (χ0v) is 13.3. The maximum Gasteiger partial charge on any atom is 0.249 e. The van der Waals surface area contributed by atoms with Crippen LogP contribution in [0, 0.1) is 5.92 Å². The van der Waals surface area contributed by atoms with Gasteiger partial charge in [0.15, 0.2) is 0 Å². The molecule has 5 heteroatoms. The van der Waals surface area contributed by atoms with Crippen molar-refractivity contribution in [3.63, 3.8) is 0 Å². The second-order valence-corrected chi connectivity index (χ2v) is 6.27. The molecule has 2 heterocycles. The minimum absolute atomic E-state index is 0.0350. The topological polar surface area (TPSA) is 62.6 Å². The maximum absolute atomic E-state index is 12.9. The highest BCUT2D eigenvalue weighted by Crippen LogP contribution is 2.33. The van der Waals surface area contributed by atoms with Crippen molar-refractivity contribution in [2.45, 2.75) is 58.7 Å². The highest BCUT2D eigenvalue weighted by molar-refractivity contribution is 5.99. The molecule has 0 aliphatic carbocycles. The number of piperazine rings is 1. The van der Waals surface area contributed by atoms with Gasteiger partial charge in [-0.05, 0) is 38.3 Å². The first-order valence-corrected chi connectivity index (χ1v) is 7.50. The van der Waals surface area contributed by atoms with Crippen LogP contribution in [-0.4, -0.2) is 28.3 Å². The Hall–Kier alpha value is -1.78. The Morgan fingerprint density at radius 1 is 1.38 bits per heavy atom. The monoisotopic (exact) mass is 292 g/mol. The fourth-order valence-corrected chi connectivity index (χ4v) is 2.88. The maximum atomic E-state index is 12.9. The van der Waals surface area contributed by atoms with E-state index in [1.807, 2.05) is 33.8 Å². The van der Waals surface area contributed by atoms with Gasteiger partial charge in [0.05, 0.1) is 12.3 Å². The summed E-state index contributed by atoms with van der Waals surface area (Å²) >= 11 is 0. The van der Waals surface area contributed by atoms with Gasteiger partial charge in [-0.1, -0.05) is 20.8 Å². The van der Waals surface area contributed by atoms with Crippen molar-refractivity contribution in [2.75, 3.05) is 0 Å². The van der Waals surface area contributed by atoms with Gasteiger partial charge in [0.2, 0.25) is 11.8 Å². The summed E-state index contributed by atoms with van der Waals surface area (Å²) < 4.78 is 5.44. The number of carbonyl (C=O) groups excluding carboxylic acids is 2. The smallest absolute Gasteiger partial charge is 0.249 e. The molecule has 1 fully saturated rings. The summed E-state index contributed by atoms with van der Waals surface area (Å²) in [6.45, 7) is 9.50. The second kappa shape index (κ2) is 5.54. The average Bonchev–Trinajstić information content (AvgIpc) is 2.95. The second-order valence-electron chi connectivity index (χ2n) is 6.27. The summed E-state index contributed by atoms with van der Waals surface area (Å²) in [6.07, 6.45) is 2.15. The molecule has 1 aromatic heterocycles. The van der Waals surface area contributed by atoms with Crippen LogP contribution in [0.5, 0.6) is 0 Å². The molecule has 5 nitrogen and oxygen atoms in total. The van der Waals surface area contributed by atoms with Crippen LogP contribution in [-0.2, 0) is 9.59 Å². The Labute approximate surface area is 125 Å². The molecule has 1 aliphatic rings. The Kier molecular flexibility index (Phi) is 4.12. The molecule has 3 atom stereocenters. The number of rotatable bonds is 4. The van der Waals surface area contributed by atoms with Crippen molar-refractivity contribution in [2.24, 2.45) is 5.92 Å². The lowest BCUT2D eigenvalue weighted by molar-refractivity contribution is -0.159. The first-order chi connectivity index (χ1) is 9.81. The lowest BCUT2D eigenvalue weighted by atomic mass is 9.87. The van der Waals surface area contributed by atoms with Crippen molar-refractivity contribution in [3.8, 4) is 0 Å². The fourth-order valence-electron chi connectivity index (χ4n) is 2.88. The summed E-state index contributed by atoms with van der Waals surface area (Å²) in [6, 6.07) is 2.89. The highest BCUT2D eigenvalue weighted by Gasteiger charge is 2.50. The number of carbonyl (C=O) groups is 2. The van der Waals surface area contributed by atoms with Crippen molar-refractivity contribution in [3.05, 3.63) is 24.2 Å². The van der Waals surface area contributed by atoms with Gasteiger partial charge in [0, 0.05) is 0 Å². The molecule has 0 aromatic carbocycles. The number of nitrogens with zero attached hydrogens (tertiary/aromatic N) is 1. The fraction of sp³-hybridized carbons (Fsp3) is 0.625. The Morgan fingerprint density at radius 3 is 2.52 bits per heavy atom. The van der Waals surface area contributed by atoms with Crippen LogP contribution >= 0.6 is 0 Å². The Balaban J connectivity index is 2.44. The van der Waals surface area contributed by atoms with E-state index in [0.29, 0.717) is 12.2 Å². The van der Waals surface area contributed by atoms with E-state index in [9.17, 15) is 9.59 Å². The molecule has 1 N–H and O–H groups in total. The minimum atomic E-state index is -0.844. The van der Waals surface area contributed by atoms with Gasteiger partial charge in [-0.25, -0.2) is 0 Å². The SMILES string of the molecule is CCC1(C)NC(=O)C(C(C)C)N(C(C)c2ccco2)C1=O. The molecular weight excluding hydrogens is 268 g/mol. The van der Waals surface area contributed by atoms with E-state index in [-0.39, 0.29) is 23.8 Å². The summed E-state index contributed by atoms with van der Waals surface area (Å²) in [7, 11) is 0.